The van der Waals surface area contributed by atoms with Crippen molar-refractivity contribution in [3.63, 3.8) is 0 Å². The van der Waals surface area contributed by atoms with Gasteiger partial charge in [-0.1, -0.05) is 13.3 Å². The summed E-state index contributed by atoms with van der Waals surface area (Å²) in [5.74, 6) is 1.44. The summed E-state index contributed by atoms with van der Waals surface area (Å²) in [5.41, 5.74) is 2.23. The van der Waals surface area contributed by atoms with E-state index in [0.29, 0.717) is 5.92 Å². The Morgan fingerprint density at radius 1 is 1.24 bits per heavy atom. The zero-order valence-corrected chi connectivity index (χ0v) is 15.6. The molecule has 1 aromatic carbocycles. The predicted octanol–water partition coefficient (Wildman–Crippen LogP) is 5.34. The molecule has 0 saturated carbocycles. The SMILES string of the molecule is CCCCOc1ccc(NC(=O)N2CCC(c3ccsc3)CC2)cc1. The van der Waals surface area contributed by atoms with E-state index in [2.05, 4.69) is 29.1 Å². The van der Waals surface area contributed by atoms with E-state index in [1.165, 1.54) is 5.56 Å². The van der Waals surface area contributed by atoms with Gasteiger partial charge in [0, 0.05) is 18.8 Å². The first kappa shape index (κ1) is 17.8. The van der Waals surface area contributed by atoms with E-state index in [4.69, 9.17) is 4.74 Å². The van der Waals surface area contributed by atoms with E-state index in [1.54, 1.807) is 11.3 Å². The molecule has 2 amide bonds. The highest BCUT2D eigenvalue weighted by Gasteiger charge is 2.24. The number of thiophene rings is 1. The van der Waals surface area contributed by atoms with Gasteiger partial charge in [0.1, 0.15) is 5.75 Å². The molecule has 5 heteroatoms. The minimum Gasteiger partial charge on any atom is -0.494 e. The van der Waals surface area contributed by atoms with Crippen LogP contribution in [0.2, 0.25) is 0 Å². The third-order valence-corrected chi connectivity index (χ3v) is 5.37. The van der Waals surface area contributed by atoms with Crippen LogP contribution in [0, 0.1) is 0 Å². The summed E-state index contributed by atoms with van der Waals surface area (Å²) < 4.78 is 5.65. The lowest BCUT2D eigenvalue weighted by Gasteiger charge is -2.31. The number of nitrogens with zero attached hydrogens (tertiary/aromatic N) is 1. The molecular formula is C20H26N2O2S. The molecule has 0 bridgehead atoms. The van der Waals surface area contributed by atoms with Crippen molar-refractivity contribution in [1.29, 1.82) is 0 Å². The third kappa shape index (κ3) is 4.98. The van der Waals surface area contributed by atoms with E-state index in [9.17, 15) is 4.79 Å². The van der Waals surface area contributed by atoms with Gasteiger partial charge in [0.05, 0.1) is 6.61 Å². The molecule has 0 spiro atoms. The summed E-state index contributed by atoms with van der Waals surface area (Å²) in [5, 5.41) is 7.34. The van der Waals surface area contributed by atoms with E-state index in [0.717, 1.165) is 56.8 Å². The second-order valence-electron chi connectivity index (χ2n) is 6.47. The third-order valence-electron chi connectivity index (χ3n) is 4.67. The minimum absolute atomic E-state index is 0.0107. The number of hydrogen-bond donors (Lipinski definition) is 1. The molecule has 3 rings (SSSR count). The molecule has 0 unspecified atom stereocenters. The van der Waals surface area contributed by atoms with Gasteiger partial charge in [-0.05, 0) is 71.8 Å². The lowest BCUT2D eigenvalue weighted by Crippen LogP contribution is -2.40. The van der Waals surface area contributed by atoms with Crippen LogP contribution in [0.15, 0.2) is 41.1 Å². The van der Waals surface area contributed by atoms with Gasteiger partial charge < -0.3 is 15.0 Å². The van der Waals surface area contributed by atoms with Crippen molar-refractivity contribution in [3.05, 3.63) is 46.7 Å². The Labute approximate surface area is 153 Å². The molecular weight excluding hydrogens is 332 g/mol. The average molecular weight is 359 g/mol. The molecule has 0 atom stereocenters. The minimum atomic E-state index is -0.0107. The van der Waals surface area contributed by atoms with Crippen molar-refractivity contribution in [3.8, 4) is 5.75 Å². The molecule has 2 heterocycles. The summed E-state index contributed by atoms with van der Waals surface area (Å²) in [6, 6.07) is 9.81. The number of carbonyl (C=O) groups excluding carboxylic acids is 1. The zero-order chi connectivity index (χ0) is 17.5. The van der Waals surface area contributed by atoms with Gasteiger partial charge in [0.15, 0.2) is 0 Å². The lowest BCUT2D eigenvalue weighted by molar-refractivity contribution is 0.194. The van der Waals surface area contributed by atoms with Crippen LogP contribution in [0.25, 0.3) is 0 Å². The first-order valence-corrected chi connectivity index (χ1v) is 10.0. The summed E-state index contributed by atoms with van der Waals surface area (Å²) in [7, 11) is 0. The number of amides is 2. The Balaban J connectivity index is 1.46. The van der Waals surface area contributed by atoms with Crippen molar-refractivity contribution in [2.45, 2.75) is 38.5 Å². The second-order valence-corrected chi connectivity index (χ2v) is 7.25. The summed E-state index contributed by atoms with van der Waals surface area (Å²) in [4.78, 5) is 14.4. The van der Waals surface area contributed by atoms with Crippen molar-refractivity contribution in [1.82, 2.24) is 4.90 Å². The fraction of sp³-hybridized carbons (Fsp3) is 0.450. The normalized spacial score (nSPS) is 15.2. The number of nitrogens with one attached hydrogen (secondary N) is 1. The number of hydrogen-bond acceptors (Lipinski definition) is 3. The molecule has 2 aromatic rings. The summed E-state index contributed by atoms with van der Waals surface area (Å²) in [6.45, 7) is 4.50. The van der Waals surface area contributed by atoms with Crippen LogP contribution in [0.4, 0.5) is 10.5 Å². The monoisotopic (exact) mass is 358 g/mol. The summed E-state index contributed by atoms with van der Waals surface area (Å²) >= 11 is 1.75. The fourth-order valence-corrected chi connectivity index (χ4v) is 3.84. The molecule has 1 N–H and O–H groups in total. The smallest absolute Gasteiger partial charge is 0.321 e. The van der Waals surface area contributed by atoms with Gasteiger partial charge in [0.2, 0.25) is 0 Å². The number of urea groups is 1. The highest BCUT2D eigenvalue weighted by atomic mass is 32.1. The number of carbonyl (C=O) groups is 1. The van der Waals surface area contributed by atoms with Crippen molar-refractivity contribution < 1.29 is 9.53 Å². The molecule has 25 heavy (non-hydrogen) atoms. The maximum absolute atomic E-state index is 12.4. The van der Waals surface area contributed by atoms with Gasteiger partial charge in [-0.2, -0.15) is 11.3 Å². The van der Waals surface area contributed by atoms with Crippen LogP contribution in [-0.4, -0.2) is 30.6 Å². The Hall–Kier alpha value is -2.01. The van der Waals surface area contributed by atoms with Gasteiger partial charge >= 0.3 is 6.03 Å². The first-order valence-electron chi connectivity index (χ1n) is 9.07. The number of unbranched alkanes of at least 4 members (excludes halogenated alkanes) is 1. The van der Waals surface area contributed by atoms with Crippen molar-refractivity contribution >= 4 is 23.1 Å². The van der Waals surface area contributed by atoms with Crippen LogP contribution < -0.4 is 10.1 Å². The first-order chi connectivity index (χ1) is 12.3. The fourth-order valence-electron chi connectivity index (χ4n) is 3.09. The number of ether oxygens (including phenoxy) is 1. The highest BCUT2D eigenvalue weighted by Crippen LogP contribution is 2.29. The Morgan fingerprint density at radius 3 is 2.64 bits per heavy atom. The van der Waals surface area contributed by atoms with E-state index < -0.39 is 0 Å². The largest absolute Gasteiger partial charge is 0.494 e. The topological polar surface area (TPSA) is 41.6 Å². The van der Waals surface area contributed by atoms with Gasteiger partial charge in [-0.15, -0.1) is 0 Å². The highest BCUT2D eigenvalue weighted by molar-refractivity contribution is 7.07. The summed E-state index contributed by atoms with van der Waals surface area (Å²) in [6.07, 6.45) is 4.25. The van der Waals surface area contributed by atoms with Crippen LogP contribution in [0.5, 0.6) is 5.75 Å². The van der Waals surface area contributed by atoms with Crippen LogP contribution in [0.3, 0.4) is 0 Å². The molecule has 1 aromatic heterocycles. The molecule has 1 aliphatic rings. The maximum Gasteiger partial charge on any atom is 0.321 e. The van der Waals surface area contributed by atoms with Crippen LogP contribution in [-0.2, 0) is 0 Å². The number of rotatable bonds is 6. The molecule has 1 aliphatic heterocycles. The molecule has 1 fully saturated rings. The quantitative estimate of drug-likeness (QED) is 0.708. The number of piperidine rings is 1. The zero-order valence-electron chi connectivity index (χ0n) is 14.7. The number of anilines is 1. The Bertz CT molecular complexity index is 647. The van der Waals surface area contributed by atoms with Gasteiger partial charge in [-0.25, -0.2) is 4.79 Å². The number of benzene rings is 1. The van der Waals surface area contributed by atoms with Crippen LogP contribution >= 0.6 is 11.3 Å². The standard InChI is InChI=1S/C20H26N2O2S/c1-2-3-13-24-19-6-4-18(5-7-19)21-20(23)22-11-8-16(9-12-22)17-10-14-25-15-17/h4-7,10,14-16H,2-3,8-9,11-13H2,1H3,(H,21,23). The molecule has 4 nitrogen and oxygen atoms in total. The Morgan fingerprint density at radius 2 is 2.00 bits per heavy atom. The van der Waals surface area contributed by atoms with E-state index in [-0.39, 0.29) is 6.03 Å². The maximum atomic E-state index is 12.4. The van der Waals surface area contributed by atoms with Crippen LogP contribution in [0.1, 0.15) is 44.1 Å². The van der Waals surface area contributed by atoms with Crippen molar-refractivity contribution in [2.24, 2.45) is 0 Å². The average Bonchev–Trinajstić information content (AvgIpc) is 3.18. The Kier molecular flexibility index (Phi) is 6.34. The number of likely N-dealkylation sites (tertiary alicyclic amines) is 1. The molecule has 0 radical (unpaired) electrons. The second kappa shape index (κ2) is 8.90. The predicted molar refractivity (Wildman–Crippen MR) is 104 cm³/mol. The van der Waals surface area contributed by atoms with E-state index >= 15 is 0 Å². The molecule has 0 aliphatic carbocycles. The molecule has 134 valence electrons. The van der Waals surface area contributed by atoms with Gasteiger partial charge in [-0.3, -0.25) is 0 Å². The van der Waals surface area contributed by atoms with Gasteiger partial charge in [0.25, 0.3) is 0 Å². The van der Waals surface area contributed by atoms with Crippen molar-refractivity contribution in [2.75, 3.05) is 25.0 Å². The molecule has 1 saturated heterocycles. The lowest BCUT2D eigenvalue weighted by atomic mass is 9.91. The van der Waals surface area contributed by atoms with E-state index in [1.807, 2.05) is 29.2 Å².